The predicted octanol–water partition coefficient (Wildman–Crippen LogP) is 4.44. The Balaban J connectivity index is 2.04. The van der Waals surface area contributed by atoms with E-state index in [0.29, 0.717) is 17.7 Å². The molecule has 0 amide bonds. The Hall–Kier alpha value is -2.56. The Morgan fingerprint density at radius 1 is 1.08 bits per heavy atom. The second kappa shape index (κ2) is 5.82. The third kappa shape index (κ3) is 2.82. The Kier molecular flexibility index (Phi) is 3.95. The molecule has 1 aliphatic carbocycles. The molecule has 0 fully saturated rings. The van der Waals surface area contributed by atoms with Crippen molar-refractivity contribution in [1.29, 1.82) is 0 Å². The van der Waals surface area contributed by atoms with Gasteiger partial charge in [0.05, 0.1) is 11.5 Å². The van der Waals surface area contributed by atoms with Gasteiger partial charge < -0.3 is 5.73 Å². The van der Waals surface area contributed by atoms with E-state index < -0.39 is 17.7 Å². The smallest absolute Gasteiger partial charge is 0.401 e. The number of alkyl halides is 3. The first-order valence-electron chi connectivity index (χ1n) is 7.55. The second-order valence-corrected chi connectivity index (χ2v) is 5.96. The summed E-state index contributed by atoms with van der Waals surface area (Å²) in [5, 5.41) is 0. The Bertz CT molecular complexity index is 822. The van der Waals surface area contributed by atoms with Crippen LogP contribution in [0.15, 0.2) is 54.2 Å². The van der Waals surface area contributed by atoms with E-state index in [9.17, 15) is 18.0 Å². The summed E-state index contributed by atoms with van der Waals surface area (Å²) in [7, 11) is 0. The zero-order valence-corrected chi connectivity index (χ0v) is 13.0. The normalized spacial score (nSPS) is 18.3. The molecule has 1 unspecified atom stereocenters. The van der Waals surface area contributed by atoms with Crippen molar-refractivity contribution in [3.8, 4) is 0 Å². The third-order valence-electron chi connectivity index (χ3n) is 4.34. The Morgan fingerprint density at radius 2 is 1.75 bits per heavy atom. The molecule has 5 heteroatoms. The number of nitrogens with two attached hydrogens (primary N) is 1. The van der Waals surface area contributed by atoms with E-state index in [4.69, 9.17) is 5.73 Å². The average Bonchev–Trinajstić information content (AvgIpc) is 2.83. The first kappa shape index (κ1) is 16.3. The van der Waals surface area contributed by atoms with Crippen LogP contribution in [-0.2, 0) is 11.0 Å². The van der Waals surface area contributed by atoms with Crippen molar-refractivity contribution >= 4 is 11.4 Å². The van der Waals surface area contributed by atoms with Crippen LogP contribution in [0.2, 0.25) is 0 Å². The molecule has 0 saturated carbocycles. The maximum atomic E-state index is 13.0. The number of aryl methyl sites for hydroxylation is 1. The number of carbonyl (C=O) groups excluding carboxylic acids is 1. The number of benzene rings is 2. The van der Waals surface area contributed by atoms with Crippen molar-refractivity contribution in [3.05, 3.63) is 76.5 Å². The Morgan fingerprint density at radius 3 is 2.38 bits per heavy atom. The highest BCUT2D eigenvalue weighted by molar-refractivity contribution is 6.26. The number of hydrogen-bond acceptors (Lipinski definition) is 2. The predicted molar refractivity (Wildman–Crippen MR) is 86.1 cm³/mol. The summed E-state index contributed by atoms with van der Waals surface area (Å²) in [5.74, 6) is -0.656. The molecule has 0 radical (unpaired) electrons. The largest absolute Gasteiger partial charge is 0.416 e. The van der Waals surface area contributed by atoms with Gasteiger partial charge in [-0.2, -0.15) is 13.2 Å². The Labute approximate surface area is 137 Å². The van der Waals surface area contributed by atoms with Crippen LogP contribution < -0.4 is 5.73 Å². The van der Waals surface area contributed by atoms with Crippen molar-refractivity contribution in [2.45, 2.75) is 25.4 Å². The van der Waals surface area contributed by atoms with E-state index >= 15 is 0 Å². The van der Waals surface area contributed by atoms with Gasteiger partial charge in [-0.25, -0.2) is 0 Å². The third-order valence-corrected chi connectivity index (χ3v) is 4.34. The first-order valence-corrected chi connectivity index (χ1v) is 7.55. The molecule has 2 aromatic rings. The van der Waals surface area contributed by atoms with Gasteiger partial charge in [0.25, 0.3) is 0 Å². The molecular formula is C19H16F3NO. The van der Waals surface area contributed by atoms with Crippen LogP contribution in [0.5, 0.6) is 0 Å². The molecule has 0 heterocycles. The highest BCUT2D eigenvalue weighted by Gasteiger charge is 2.36. The summed E-state index contributed by atoms with van der Waals surface area (Å²) in [6.07, 6.45) is -4.13. The molecule has 1 atom stereocenters. The van der Waals surface area contributed by atoms with Crippen molar-refractivity contribution in [1.82, 2.24) is 0 Å². The molecule has 0 bridgehead atoms. The lowest BCUT2D eigenvalue weighted by atomic mass is 9.91. The van der Waals surface area contributed by atoms with Crippen molar-refractivity contribution in [2.75, 3.05) is 0 Å². The number of rotatable bonds is 2. The first-order chi connectivity index (χ1) is 11.3. The molecule has 0 aromatic heterocycles. The fraction of sp³-hybridized carbons (Fsp3) is 0.211. The van der Waals surface area contributed by atoms with Gasteiger partial charge in [0.1, 0.15) is 0 Å². The van der Waals surface area contributed by atoms with Crippen LogP contribution in [0.25, 0.3) is 5.57 Å². The van der Waals surface area contributed by atoms with Gasteiger partial charge in [0.15, 0.2) is 5.78 Å². The monoisotopic (exact) mass is 331 g/mol. The second-order valence-electron chi connectivity index (χ2n) is 5.96. The summed E-state index contributed by atoms with van der Waals surface area (Å²) in [6, 6.07) is 12.6. The summed E-state index contributed by atoms with van der Waals surface area (Å²) in [6.45, 7) is 1.68. The summed E-state index contributed by atoms with van der Waals surface area (Å²) in [4.78, 5) is 12.8. The van der Waals surface area contributed by atoms with Crippen LogP contribution in [0.3, 0.4) is 0 Å². The molecule has 24 heavy (non-hydrogen) atoms. The van der Waals surface area contributed by atoms with E-state index in [0.717, 1.165) is 17.7 Å². The van der Waals surface area contributed by atoms with Crippen LogP contribution in [0.4, 0.5) is 13.2 Å². The zero-order chi connectivity index (χ0) is 17.5. The minimum absolute atomic E-state index is 0.215. The van der Waals surface area contributed by atoms with Gasteiger partial charge in [0.2, 0.25) is 0 Å². The molecule has 3 rings (SSSR count). The SMILES string of the molecule is Cc1ccc(C(F)(F)F)cc1C1=C(N)CC(c2ccccc2)C1=O. The fourth-order valence-corrected chi connectivity index (χ4v) is 3.08. The maximum absolute atomic E-state index is 13.0. The lowest BCUT2D eigenvalue weighted by molar-refractivity contribution is -0.137. The van der Waals surface area contributed by atoms with Crippen molar-refractivity contribution in [2.24, 2.45) is 5.73 Å². The number of ketones is 1. The lowest BCUT2D eigenvalue weighted by Crippen LogP contribution is -2.10. The topological polar surface area (TPSA) is 43.1 Å². The van der Waals surface area contributed by atoms with Gasteiger partial charge in [0, 0.05) is 17.7 Å². The highest BCUT2D eigenvalue weighted by Crippen LogP contribution is 2.40. The summed E-state index contributed by atoms with van der Waals surface area (Å²) < 4.78 is 39.0. The van der Waals surface area contributed by atoms with Gasteiger partial charge in [-0.1, -0.05) is 36.4 Å². The standard InChI is InChI=1S/C19H16F3NO/c1-11-7-8-13(19(20,21)22)9-14(11)17-16(23)10-15(18(17)24)12-5-3-2-4-6-12/h2-9,15H,10,23H2,1H3. The molecule has 1 aliphatic rings. The molecule has 2 aromatic carbocycles. The molecule has 0 spiro atoms. The van der Waals surface area contributed by atoms with Crippen LogP contribution in [-0.4, -0.2) is 5.78 Å². The highest BCUT2D eigenvalue weighted by atomic mass is 19.4. The molecule has 0 aliphatic heterocycles. The number of allylic oxidation sites excluding steroid dienone is 2. The average molecular weight is 331 g/mol. The molecule has 0 saturated heterocycles. The minimum Gasteiger partial charge on any atom is -0.401 e. The van der Waals surface area contributed by atoms with Crippen molar-refractivity contribution < 1.29 is 18.0 Å². The van der Waals surface area contributed by atoms with Crippen molar-refractivity contribution in [3.63, 3.8) is 0 Å². The number of halogens is 3. The van der Waals surface area contributed by atoms with E-state index in [1.165, 1.54) is 6.07 Å². The van der Waals surface area contributed by atoms with E-state index in [-0.39, 0.29) is 16.9 Å². The summed E-state index contributed by atoms with van der Waals surface area (Å²) >= 11 is 0. The van der Waals surface area contributed by atoms with Gasteiger partial charge in [-0.3, -0.25) is 4.79 Å². The molecule has 124 valence electrons. The molecular weight excluding hydrogens is 315 g/mol. The molecule has 2 nitrogen and oxygen atoms in total. The van der Waals surface area contributed by atoms with Gasteiger partial charge >= 0.3 is 6.18 Å². The quantitative estimate of drug-likeness (QED) is 0.884. The van der Waals surface area contributed by atoms with Crippen LogP contribution in [0.1, 0.15) is 34.6 Å². The van der Waals surface area contributed by atoms with E-state index in [1.807, 2.05) is 30.3 Å². The van der Waals surface area contributed by atoms with Crippen LogP contribution in [0, 0.1) is 6.92 Å². The number of hydrogen-bond donors (Lipinski definition) is 1. The van der Waals surface area contributed by atoms with E-state index in [1.54, 1.807) is 6.92 Å². The fourth-order valence-electron chi connectivity index (χ4n) is 3.08. The minimum atomic E-state index is -4.46. The van der Waals surface area contributed by atoms with E-state index in [2.05, 4.69) is 0 Å². The maximum Gasteiger partial charge on any atom is 0.416 e. The van der Waals surface area contributed by atoms with Gasteiger partial charge in [-0.05, 0) is 35.7 Å². The number of carbonyl (C=O) groups is 1. The summed E-state index contributed by atoms with van der Waals surface area (Å²) in [5.41, 5.74) is 7.51. The lowest BCUT2D eigenvalue weighted by Gasteiger charge is -2.13. The molecule has 2 N–H and O–H groups in total. The van der Waals surface area contributed by atoms with Crippen LogP contribution >= 0.6 is 0 Å². The van der Waals surface area contributed by atoms with Gasteiger partial charge in [-0.15, -0.1) is 0 Å². The zero-order valence-electron chi connectivity index (χ0n) is 13.0. The number of Topliss-reactive ketones (excluding diaryl/α,β-unsaturated/α-hetero) is 1.